The van der Waals surface area contributed by atoms with Crippen LogP contribution < -0.4 is 0 Å². The molecule has 1 N–H and O–H groups in total. The van der Waals surface area contributed by atoms with E-state index in [1.807, 2.05) is 0 Å². The van der Waals surface area contributed by atoms with Gasteiger partial charge < -0.3 is 5.11 Å². The predicted molar refractivity (Wildman–Crippen MR) is 107 cm³/mol. The number of carbonyl (C=O) groups excluding carboxylic acids is 1. The molecule has 0 heterocycles. The van der Waals surface area contributed by atoms with Crippen LogP contribution in [0.25, 0.3) is 12.2 Å². The second-order valence-electron chi connectivity index (χ2n) is 4.99. The van der Waals surface area contributed by atoms with Gasteiger partial charge in [-0.05, 0) is 47.5 Å². The van der Waals surface area contributed by atoms with Gasteiger partial charge in [-0.1, -0.05) is 70.7 Å². The number of allylic oxidation sites excluding steroid dienone is 3. The van der Waals surface area contributed by atoms with Crippen molar-refractivity contribution in [2.45, 2.75) is 0 Å². The largest absolute Gasteiger partial charge is 0.508 e. The van der Waals surface area contributed by atoms with Gasteiger partial charge in [-0.25, -0.2) is 0 Å². The molecule has 128 valence electrons. The highest BCUT2D eigenvalue weighted by Crippen LogP contribution is 2.24. The van der Waals surface area contributed by atoms with E-state index in [2.05, 4.69) is 0 Å². The molecule has 0 radical (unpaired) electrons. The Kier molecular flexibility index (Phi) is 7.15. The molecule has 0 aliphatic heterocycles. The molecule has 0 spiro atoms. The number of aliphatic hydroxyl groups excluding tert-OH is 1. The van der Waals surface area contributed by atoms with E-state index in [1.165, 1.54) is 12.2 Å². The molecule has 2 nitrogen and oxygen atoms in total. The first-order chi connectivity index (χ1) is 11.8. The molecule has 0 aromatic heterocycles. The van der Waals surface area contributed by atoms with Crippen LogP contribution in [0.3, 0.4) is 0 Å². The van der Waals surface area contributed by atoms with Crippen LogP contribution in [-0.4, -0.2) is 10.9 Å². The molecule has 0 bridgehead atoms. The first-order valence-corrected chi connectivity index (χ1v) is 8.57. The van der Waals surface area contributed by atoms with Crippen LogP contribution in [0.4, 0.5) is 0 Å². The van der Waals surface area contributed by atoms with E-state index in [9.17, 15) is 9.90 Å². The van der Waals surface area contributed by atoms with Gasteiger partial charge in [-0.15, -0.1) is 0 Å². The summed E-state index contributed by atoms with van der Waals surface area (Å²) in [5.74, 6) is -0.558. The highest BCUT2D eigenvalue weighted by atomic mass is 35.5. The maximum Gasteiger partial charge on any atom is 0.182 e. The van der Waals surface area contributed by atoms with Crippen molar-refractivity contribution in [3.63, 3.8) is 0 Å². The van der Waals surface area contributed by atoms with Crippen molar-refractivity contribution in [1.82, 2.24) is 0 Å². The third kappa shape index (κ3) is 6.26. The Morgan fingerprint density at radius 1 is 0.760 bits per heavy atom. The highest BCUT2D eigenvalue weighted by Gasteiger charge is 1.99. The lowest BCUT2D eigenvalue weighted by Gasteiger charge is -1.98. The molecule has 6 heteroatoms. The van der Waals surface area contributed by atoms with Gasteiger partial charge in [0, 0.05) is 6.08 Å². The molecule has 0 aliphatic carbocycles. The third-order valence-electron chi connectivity index (χ3n) is 3.06. The van der Waals surface area contributed by atoms with Crippen molar-refractivity contribution in [1.29, 1.82) is 0 Å². The summed E-state index contributed by atoms with van der Waals surface area (Å²) in [6.07, 6.45) is 7.01. The van der Waals surface area contributed by atoms with Crippen molar-refractivity contribution in [2.75, 3.05) is 0 Å². The molecule has 0 unspecified atom stereocenters. The van der Waals surface area contributed by atoms with E-state index in [-0.39, 0.29) is 11.5 Å². The highest BCUT2D eigenvalue weighted by molar-refractivity contribution is 6.42. The lowest BCUT2D eigenvalue weighted by atomic mass is 10.1. The number of ketones is 1. The van der Waals surface area contributed by atoms with Crippen molar-refractivity contribution in [3.05, 3.63) is 91.6 Å². The Bertz CT molecular complexity index is 883. The van der Waals surface area contributed by atoms with E-state index in [1.54, 1.807) is 48.6 Å². The minimum absolute atomic E-state index is 0.185. The van der Waals surface area contributed by atoms with E-state index >= 15 is 0 Å². The Morgan fingerprint density at radius 2 is 1.24 bits per heavy atom. The predicted octanol–water partition coefficient (Wildman–Crippen LogP) is 7.04. The number of hydrogen-bond donors (Lipinski definition) is 1. The standard InChI is InChI=1S/C19H12Cl4O2/c20-16-7-3-12(9-18(16)22)1-5-14(24)11-15(25)6-2-13-4-8-17(21)19(23)10-13/h1-11,24H/b5-1+,6-2+,14-11-. The first-order valence-electron chi connectivity index (χ1n) is 7.06. The van der Waals surface area contributed by atoms with E-state index < -0.39 is 0 Å². The van der Waals surface area contributed by atoms with Crippen molar-refractivity contribution < 1.29 is 9.90 Å². The van der Waals surface area contributed by atoms with Crippen molar-refractivity contribution >= 4 is 64.3 Å². The molecular weight excluding hydrogens is 402 g/mol. The second kappa shape index (κ2) is 9.12. The smallest absolute Gasteiger partial charge is 0.182 e. The van der Waals surface area contributed by atoms with Gasteiger partial charge in [-0.3, -0.25) is 4.79 Å². The summed E-state index contributed by atoms with van der Waals surface area (Å²) in [5, 5.41) is 11.5. The quantitative estimate of drug-likeness (QED) is 0.324. The number of rotatable bonds is 5. The fraction of sp³-hybridized carbons (Fsp3) is 0. The van der Waals surface area contributed by atoms with Crippen LogP contribution in [0.1, 0.15) is 11.1 Å². The van der Waals surface area contributed by atoms with Crippen LogP contribution in [0, 0.1) is 0 Å². The molecular formula is C19H12Cl4O2. The zero-order valence-corrected chi connectivity index (χ0v) is 15.7. The average Bonchev–Trinajstić information content (AvgIpc) is 2.57. The minimum Gasteiger partial charge on any atom is -0.508 e. The van der Waals surface area contributed by atoms with Gasteiger partial charge in [0.25, 0.3) is 0 Å². The summed E-state index contributed by atoms with van der Waals surface area (Å²) in [7, 11) is 0. The summed E-state index contributed by atoms with van der Waals surface area (Å²) in [4.78, 5) is 11.8. The lowest BCUT2D eigenvalue weighted by molar-refractivity contribution is -0.110. The first kappa shape index (κ1) is 19.6. The molecule has 0 saturated heterocycles. The van der Waals surface area contributed by atoms with Gasteiger partial charge in [0.1, 0.15) is 5.76 Å². The molecule has 25 heavy (non-hydrogen) atoms. The maximum absolute atomic E-state index is 11.8. The Balaban J connectivity index is 2.03. The fourth-order valence-corrected chi connectivity index (χ4v) is 2.45. The van der Waals surface area contributed by atoms with Crippen molar-refractivity contribution in [3.8, 4) is 0 Å². The Labute approximate surface area is 165 Å². The normalized spacial score (nSPS) is 12.2. The van der Waals surface area contributed by atoms with Gasteiger partial charge in [0.15, 0.2) is 5.78 Å². The minimum atomic E-state index is -0.373. The summed E-state index contributed by atoms with van der Waals surface area (Å²) >= 11 is 23.5. The van der Waals surface area contributed by atoms with Crippen LogP contribution in [0.15, 0.2) is 60.4 Å². The third-order valence-corrected chi connectivity index (χ3v) is 4.54. The molecule has 0 fully saturated rings. The van der Waals surface area contributed by atoms with Gasteiger partial charge >= 0.3 is 0 Å². The zero-order valence-electron chi connectivity index (χ0n) is 12.7. The summed E-state index contributed by atoms with van der Waals surface area (Å²) in [5.41, 5.74) is 1.47. The van der Waals surface area contributed by atoms with Crippen LogP contribution in [-0.2, 0) is 4.79 Å². The molecule has 0 saturated carbocycles. The molecule has 0 atom stereocenters. The van der Waals surface area contributed by atoms with E-state index in [4.69, 9.17) is 46.4 Å². The SMILES string of the molecule is O=C(/C=C(O)/C=C/c1ccc(Cl)c(Cl)c1)/C=C/c1ccc(Cl)c(Cl)c1. The van der Waals surface area contributed by atoms with Gasteiger partial charge in [0.2, 0.25) is 0 Å². The summed E-state index contributed by atoms with van der Waals surface area (Å²) < 4.78 is 0. The van der Waals surface area contributed by atoms with E-state index in [0.29, 0.717) is 20.1 Å². The Morgan fingerprint density at radius 3 is 1.72 bits per heavy atom. The molecule has 2 aromatic rings. The average molecular weight is 414 g/mol. The van der Waals surface area contributed by atoms with Crippen molar-refractivity contribution in [2.24, 2.45) is 0 Å². The van der Waals surface area contributed by atoms with Crippen LogP contribution in [0.5, 0.6) is 0 Å². The summed E-state index contributed by atoms with van der Waals surface area (Å²) in [6, 6.07) is 10.0. The maximum atomic E-state index is 11.8. The topological polar surface area (TPSA) is 37.3 Å². The number of halogens is 4. The molecule has 2 aromatic carbocycles. The Hall–Kier alpha value is -1.71. The number of aliphatic hydroxyl groups is 1. The second-order valence-corrected chi connectivity index (χ2v) is 6.61. The lowest BCUT2D eigenvalue weighted by Crippen LogP contribution is -1.88. The summed E-state index contributed by atoms with van der Waals surface area (Å²) in [6.45, 7) is 0. The molecule has 0 amide bonds. The van der Waals surface area contributed by atoms with Gasteiger partial charge in [-0.2, -0.15) is 0 Å². The van der Waals surface area contributed by atoms with E-state index in [0.717, 1.165) is 17.2 Å². The van der Waals surface area contributed by atoms with Crippen LogP contribution >= 0.6 is 46.4 Å². The molecule has 2 rings (SSSR count). The van der Waals surface area contributed by atoms with Crippen LogP contribution in [0.2, 0.25) is 20.1 Å². The monoisotopic (exact) mass is 412 g/mol. The van der Waals surface area contributed by atoms with Gasteiger partial charge in [0.05, 0.1) is 20.1 Å². The number of carbonyl (C=O) groups is 1. The fourth-order valence-electron chi connectivity index (χ4n) is 1.83. The number of hydrogen-bond acceptors (Lipinski definition) is 2. The molecule has 0 aliphatic rings. The zero-order chi connectivity index (χ0) is 18.4. The number of benzene rings is 2.